The summed E-state index contributed by atoms with van der Waals surface area (Å²) in [7, 11) is 1.53. The number of nitrogens with zero attached hydrogens (tertiary/aromatic N) is 2. The van der Waals surface area contributed by atoms with Crippen LogP contribution in [0.5, 0.6) is 0 Å². The maximum absolute atomic E-state index is 11.1. The van der Waals surface area contributed by atoms with Crippen LogP contribution in [0.2, 0.25) is 0 Å². The lowest BCUT2D eigenvalue weighted by molar-refractivity contribution is -0.384. The SMILES string of the molecule is COCCCC(Nc1ccc([N+](=O)[O-])c(N)n1)C(=O)O. The van der Waals surface area contributed by atoms with E-state index in [4.69, 9.17) is 15.6 Å². The smallest absolute Gasteiger partial charge is 0.326 e. The Morgan fingerprint density at radius 1 is 1.65 bits per heavy atom. The van der Waals surface area contributed by atoms with Gasteiger partial charge in [-0.2, -0.15) is 0 Å². The molecule has 1 aromatic rings. The molecule has 1 atom stereocenters. The first-order valence-corrected chi connectivity index (χ1v) is 5.85. The van der Waals surface area contributed by atoms with Gasteiger partial charge in [-0.05, 0) is 18.9 Å². The van der Waals surface area contributed by atoms with Crippen LogP contribution in [0.4, 0.5) is 17.3 Å². The van der Waals surface area contributed by atoms with Gasteiger partial charge >= 0.3 is 11.7 Å². The van der Waals surface area contributed by atoms with Gasteiger partial charge in [0.2, 0.25) is 5.82 Å². The van der Waals surface area contributed by atoms with Gasteiger partial charge < -0.3 is 20.9 Å². The van der Waals surface area contributed by atoms with Crippen LogP contribution in [-0.2, 0) is 9.53 Å². The molecule has 4 N–H and O–H groups in total. The number of nitrogens with two attached hydrogens (primary N) is 1. The van der Waals surface area contributed by atoms with Crippen LogP contribution in [0.1, 0.15) is 12.8 Å². The van der Waals surface area contributed by atoms with Crippen LogP contribution in [0.3, 0.4) is 0 Å². The van der Waals surface area contributed by atoms with Crippen molar-refractivity contribution in [1.82, 2.24) is 4.98 Å². The molecule has 0 amide bonds. The number of carboxylic acids is 1. The summed E-state index contributed by atoms with van der Waals surface area (Å²) in [4.78, 5) is 24.8. The van der Waals surface area contributed by atoms with Gasteiger partial charge in [-0.15, -0.1) is 0 Å². The number of nitrogens with one attached hydrogen (secondary N) is 1. The zero-order valence-electron chi connectivity index (χ0n) is 10.9. The first-order chi connectivity index (χ1) is 9.45. The molecule has 0 saturated carbocycles. The minimum atomic E-state index is -1.04. The third-order valence-electron chi connectivity index (χ3n) is 2.56. The van der Waals surface area contributed by atoms with Crippen LogP contribution in [0.15, 0.2) is 12.1 Å². The van der Waals surface area contributed by atoms with Gasteiger partial charge in [0.05, 0.1) is 4.92 Å². The number of carboxylic acid groups (broad SMARTS) is 1. The summed E-state index contributed by atoms with van der Waals surface area (Å²) in [5.41, 5.74) is 5.12. The number of carbonyl (C=O) groups is 1. The van der Waals surface area contributed by atoms with E-state index < -0.39 is 16.9 Å². The van der Waals surface area contributed by atoms with Gasteiger partial charge in [0.1, 0.15) is 11.9 Å². The molecule has 0 fully saturated rings. The Hall–Kier alpha value is -2.42. The first kappa shape index (κ1) is 15.6. The number of ether oxygens (including phenoxy) is 1. The number of aliphatic carboxylic acids is 1. The summed E-state index contributed by atoms with van der Waals surface area (Å²) in [5.74, 6) is -1.13. The van der Waals surface area contributed by atoms with Crippen molar-refractivity contribution in [3.05, 3.63) is 22.2 Å². The topological polar surface area (TPSA) is 141 Å². The lowest BCUT2D eigenvalue weighted by Crippen LogP contribution is -2.30. The highest BCUT2D eigenvalue weighted by Crippen LogP contribution is 2.21. The maximum Gasteiger partial charge on any atom is 0.326 e. The second-order valence-corrected chi connectivity index (χ2v) is 4.03. The first-order valence-electron chi connectivity index (χ1n) is 5.85. The highest BCUT2D eigenvalue weighted by Gasteiger charge is 2.19. The molecule has 0 radical (unpaired) electrons. The molecule has 0 aliphatic heterocycles. The molecule has 0 saturated heterocycles. The van der Waals surface area contributed by atoms with E-state index in [9.17, 15) is 14.9 Å². The van der Waals surface area contributed by atoms with Crippen molar-refractivity contribution in [3.63, 3.8) is 0 Å². The van der Waals surface area contributed by atoms with Crippen molar-refractivity contribution in [3.8, 4) is 0 Å². The number of rotatable bonds is 8. The lowest BCUT2D eigenvalue weighted by Gasteiger charge is -2.14. The zero-order chi connectivity index (χ0) is 15.1. The Morgan fingerprint density at radius 3 is 2.85 bits per heavy atom. The summed E-state index contributed by atoms with van der Waals surface area (Å²) < 4.78 is 4.85. The van der Waals surface area contributed by atoms with Crippen LogP contribution < -0.4 is 11.1 Å². The van der Waals surface area contributed by atoms with Gasteiger partial charge in [0, 0.05) is 19.8 Å². The molecule has 9 heteroatoms. The predicted molar refractivity (Wildman–Crippen MR) is 71.5 cm³/mol. The Labute approximate surface area is 114 Å². The van der Waals surface area contributed by atoms with Gasteiger partial charge in [-0.3, -0.25) is 10.1 Å². The van der Waals surface area contributed by atoms with Gasteiger partial charge in [-0.25, -0.2) is 9.78 Å². The summed E-state index contributed by atoms with van der Waals surface area (Å²) in [6.45, 7) is 0.446. The molecule has 0 bridgehead atoms. The molecule has 1 unspecified atom stereocenters. The van der Waals surface area contributed by atoms with E-state index in [1.807, 2.05) is 0 Å². The monoisotopic (exact) mass is 284 g/mol. The molecule has 1 aromatic heterocycles. The largest absolute Gasteiger partial charge is 0.480 e. The van der Waals surface area contributed by atoms with Crippen molar-refractivity contribution in [2.45, 2.75) is 18.9 Å². The number of hydrogen-bond donors (Lipinski definition) is 3. The average molecular weight is 284 g/mol. The standard InChI is InChI=1S/C11H16N4O5/c1-20-6-2-3-7(11(16)17)13-9-5-4-8(15(18)19)10(12)14-9/h4-5,7H,2-3,6H2,1H3,(H,16,17)(H3,12,13,14). The Balaban J connectivity index is 2.76. The number of pyridine rings is 1. The molecule has 0 aliphatic carbocycles. The van der Waals surface area contributed by atoms with Crippen LogP contribution in [0, 0.1) is 10.1 Å². The predicted octanol–water partition coefficient (Wildman–Crippen LogP) is 0.864. The van der Waals surface area contributed by atoms with E-state index in [0.29, 0.717) is 19.4 Å². The minimum absolute atomic E-state index is 0.179. The van der Waals surface area contributed by atoms with Crippen molar-refractivity contribution in [2.24, 2.45) is 0 Å². The van der Waals surface area contributed by atoms with Crippen molar-refractivity contribution < 1.29 is 19.6 Å². The maximum atomic E-state index is 11.1. The fourth-order valence-corrected chi connectivity index (χ4v) is 1.57. The fourth-order valence-electron chi connectivity index (χ4n) is 1.57. The van der Waals surface area contributed by atoms with Crippen molar-refractivity contribution in [1.29, 1.82) is 0 Å². The molecule has 0 spiro atoms. The molecular formula is C11H16N4O5. The number of aromatic nitrogens is 1. The number of nitrogen functional groups attached to an aromatic ring is 1. The quantitative estimate of drug-likeness (QED) is 0.362. The van der Waals surface area contributed by atoms with E-state index >= 15 is 0 Å². The fraction of sp³-hybridized carbons (Fsp3) is 0.455. The summed E-state index contributed by atoms with van der Waals surface area (Å²) in [6, 6.07) is 1.64. The number of methoxy groups -OCH3 is 1. The third kappa shape index (κ3) is 4.35. The molecule has 0 aromatic carbocycles. The van der Waals surface area contributed by atoms with E-state index in [0.717, 1.165) is 0 Å². The normalized spacial score (nSPS) is 11.8. The Bertz CT molecular complexity index is 494. The molecule has 20 heavy (non-hydrogen) atoms. The van der Waals surface area contributed by atoms with Gasteiger partial charge in [-0.1, -0.05) is 0 Å². The highest BCUT2D eigenvalue weighted by molar-refractivity contribution is 5.77. The molecular weight excluding hydrogens is 268 g/mol. The van der Waals surface area contributed by atoms with Crippen molar-refractivity contribution in [2.75, 3.05) is 24.8 Å². The minimum Gasteiger partial charge on any atom is -0.480 e. The molecule has 1 rings (SSSR count). The second-order valence-electron chi connectivity index (χ2n) is 4.03. The molecule has 0 aliphatic rings. The van der Waals surface area contributed by atoms with E-state index in [1.165, 1.54) is 19.2 Å². The van der Waals surface area contributed by atoms with Crippen molar-refractivity contribution >= 4 is 23.3 Å². The Morgan fingerprint density at radius 2 is 2.35 bits per heavy atom. The molecule has 110 valence electrons. The van der Waals surface area contributed by atoms with Gasteiger partial charge in [0.15, 0.2) is 0 Å². The van der Waals surface area contributed by atoms with E-state index in [2.05, 4.69) is 10.3 Å². The molecule has 9 nitrogen and oxygen atoms in total. The van der Waals surface area contributed by atoms with Crippen LogP contribution >= 0.6 is 0 Å². The van der Waals surface area contributed by atoms with Crippen LogP contribution in [-0.4, -0.2) is 40.7 Å². The second kappa shape index (κ2) is 7.24. The third-order valence-corrected chi connectivity index (χ3v) is 2.56. The molecule has 1 heterocycles. The Kier molecular flexibility index (Phi) is 5.66. The van der Waals surface area contributed by atoms with E-state index in [-0.39, 0.29) is 17.3 Å². The lowest BCUT2D eigenvalue weighted by atomic mass is 10.1. The summed E-state index contributed by atoms with van der Waals surface area (Å²) in [6.07, 6.45) is 0.894. The highest BCUT2D eigenvalue weighted by atomic mass is 16.6. The number of hydrogen-bond acceptors (Lipinski definition) is 7. The zero-order valence-corrected chi connectivity index (χ0v) is 10.9. The summed E-state index contributed by atoms with van der Waals surface area (Å²) in [5, 5.41) is 22.3. The van der Waals surface area contributed by atoms with Crippen LogP contribution in [0.25, 0.3) is 0 Å². The number of nitro groups is 1. The summed E-state index contributed by atoms with van der Waals surface area (Å²) >= 11 is 0. The van der Waals surface area contributed by atoms with E-state index in [1.54, 1.807) is 0 Å². The average Bonchev–Trinajstić information content (AvgIpc) is 2.37. The number of anilines is 2. The van der Waals surface area contributed by atoms with Gasteiger partial charge in [0.25, 0.3) is 0 Å².